The number of aliphatic hydroxyl groups excluding tert-OH is 1. The van der Waals surface area contributed by atoms with Crippen LogP contribution in [0.5, 0.6) is 23.0 Å². The van der Waals surface area contributed by atoms with E-state index in [9.17, 15) is 9.90 Å². The third kappa shape index (κ3) is 12.2. The van der Waals surface area contributed by atoms with Crippen LogP contribution < -0.4 is 18.9 Å². The van der Waals surface area contributed by atoms with Crippen LogP contribution in [0.15, 0.2) is 72.8 Å². The van der Waals surface area contributed by atoms with E-state index in [1.807, 2.05) is 43.3 Å². The maximum Gasteiger partial charge on any atom is 0.311 e. The van der Waals surface area contributed by atoms with Gasteiger partial charge in [0.1, 0.15) is 35.7 Å². The summed E-state index contributed by atoms with van der Waals surface area (Å²) in [6.45, 7) is 4.96. The van der Waals surface area contributed by atoms with Crippen molar-refractivity contribution in [1.82, 2.24) is 0 Å². The SMILES string of the molecule is CCCCCCCCCCCC(=O)Oc1ccc(C=CC(O)c2ccc(OC)cc2OCc2ccccc2)c(OCC)c1. The van der Waals surface area contributed by atoms with Gasteiger partial charge in [-0.2, -0.15) is 0 Å². The van der Waals surface area contributed by atoms with Crippen molar-refractivity contribution < 1.29 is 28.8 Å². The van der Waals surface area contributed by atoms with E-state index in [0.29, 0.717) is 48.2 Å². The first-order valence-electron chi connectivity index (χ1n) is 15.7. The summed E-state index contributed by atoms with van der Waals surface area (Å²) in [5.74, 6) is 1.99. The molecule has 43 heavy (non-hydrogen) atoms. The van der Waals surface area contributed by atoms with Crippen LogP contribution in [0.2, 0.25) is 0 Å². The van der Waals surface area contributed by atoms with Gasteiger partial charge in [-0.05, 0) is 43.2 Å². The number of unbranched alkanes of at least 4 members (excludes halogenated alkanes) is 8. The van der Waals surface area contributed by atoms with Crippen LogP contribution in [-0.2, 0) is 11.4 Å². The summed E-state index contributed by atoms with van der Waals surface area (Å²) in [5, 5.41) is 11.1. The number of aliphatic hydroxyl groups is 1. The maximum atomic E-state index is 12.4. The average Bonchev–Trinajstić information content (AvgIpc) is 3.03. The van der Waals surface area contributed by atoms with Crippen LogP contribution in [0, 0.1) is 0 Å². The third-order valence-electron chi connectivity index (χ3n) is 7.24. The van der Waals surface area contributed by atoms with Crippen LogP contribution >= 0.6 is 0 Å². The summed E-state index contributed by atoms with van der Waals surface area (Å²) in [6, 6.07) is 20.5. The molecule has 0 saturated carbocycles. The molecule has 0 fully saturated rings. The van der Waals surface area contributed by atoms with Gasteiger partial charge in [0.25, 0.3) is 0 Å². The number of methoxy groups -OCH3 is 1. The predicted octanol–water partition coefficient (Wildman–Crippen LogP) is 9.25. The Kier molecular flexibility index (Phi) is 15.2. The average molecular weight is 589 g/mol. The van der Waals surface area contributed by atoms with E-state index in [2.05, 4.69) is 6.92 Å². The van der Waals surface area contributed by atoms with E-state index in [-0.39, 0.29) is 5.97 Å². The van der Waals surface area contributed by atoms with Gasteiger partial charge in [-0.3, -0.25) is 4.79 Å². The Labute approximate surface area is 257 Å². The maximum absolute atomic E-state index is 12.4. The molecule has 6 heteroatoms. The highest BCUT2D eigenvalue weighted by Gasteiger charge is 2.14. The zero-order chi connectivity index (χ0) is 30.7. The fourth-order valence-corrected chi connectivity index (χ4v) is 4.80. The second-order valence-electron chi connectivity index (χ2n) is 10.7. The van der Waals surface area contributed by atoms with Crippen LogP contribution in [0.25, 0.3) is 6.08 Å². The summed E-state index contributed by atoms with van der Waals surface area (Å²) < 4.78 is 22.9. The largest absolute Gasteiger partial charge is 0.497 e. The molecule has 0 aromatic heterocycles. The number of rotatable bonds is 20. The number of benzene rings is 3. The topological polar surface area (TPSA) is 74.2 Å². The molecule has 0 aliphatic carbocycles. The monoisotopic (exact) mass is 588 g/mol. The van der Waals surface area contributed by atoms with E-state index in [0.717, 1.165) is 30.4 Å². The molecule has 232 valence electrons. The van der Waals surface area contributed by atoms with Gasteiger partial charge in [0.05, 0.1) is 13.7 Å². The second kappa shape index (κ2) is 19.4. The molecule has 0 bridgehead atoms. The minimum atomic E-state index is -0.931. The lowest BCUT2D eigenvalue weighted by Gasteiger charge is -2.16. The summed E-state index contributed by atoms with van der Waals surface area (Å²) >= 11 is 0. The van der Waals surface area contributed by atoms with Gasteiger partial charge < -0.3 is 24.1 Å². The van der Waals surface area contributed by atoms with Crippen molar-refractivity contribution in [1.29, 1.82) is 0 Å². The Hall–Kier alpha value is -3.77. The highest BCUT2D eigenvalue weighted by atomic mass is 16.5. The Balaban J connectivity index is 1.58. The lowest BCUT2D eigenvalue weighted by atomic mass is 10.1. The van der Waals surface area contributed by atoms with E-state index < -0.39 is 6.10 Å². The first-order chi connectivity index (χ1) is 21.0. The fraction of sp³-hybridized carbons (Fsp3) is 0.432. The highest BCUT2D eigenvalue weighted by Crippen LogP contribution is 2.33. The van der Waals surface area contributed by atoms with Gasteiger partial charge in [0.15, 0.2) is 0 Å². The molecule has 3 aromatic carbocycles. The molecule has 0 spiro atoms. The van der Waals surface area contributed by atoms with Crippen molar-refractivity contribution in [3.05, 3.63) is 89.5 Å². The molecular weight excluding hydrogens is 540 g/mol. The number of hydrogen-bond acceptors (Lipinski definition) is 6. The molecule has 0 amide bonds. The van der Waals surface area contributed by atoms with Crippen LogP contribution in [-0.4, -0.2) is 24.8 Å². The van der Waals surface area contributed by atoms with Crippen molar-refractivity contribution in [3.63, 3.8) is 0 Å². The number of carbonyl (C=O) groups is 1. The van der Waals surface area contributed by atoms with Gasteiger partial charge in [-0.15, -0.1) is 0 Å². The first-order valence-corrected chi connectivity index (χ1v) is 15.7. The third-order valence-corrected chi connectivity index (χ3v) is 7.24. The van der Waals surface area contributed by atoms with E-state index in [1.54, 1.807) is 49.6 Å². The smallest absolute Gasteiger partial charge is 0.311 e. The molecule has 3 rings (SSSR count). The zero-order valence-corrected chi connectivity index (χ0v) is 26.1. The number of carbonyl (C=O) groups excluding carboxylic acids is 1. The zero-order valence-electron chi connectivity index (χ0n) is 26.1. The number of hydrogen-bond donors (Lipinski definition) is 1. The Morgan fingerprint density at radius 2 is 1.47 bits per heavy atom. The lowest BCUT2D eigenvalue weighted by molar-refractivity contribution is -0.134. The Morgan fingerprint density at radius 3 is 2.16 bits per heavy atom. The summed E-state index contributed by atoms with van der Waals surface area (Å²) in [6.07, 6.45) is 13.8. The van der Waals surface area contributed by atoms with Gasteiger partial charge in [-0.25, -0.2) is 0 Å². The quantitative estimate of drug-likeness (QED) is 0.0806. The van der Waals surface area contributed by atoms with Crippen LogP contribution in [0.3, 0.4) is 0 Å². The molecular formula is C37H48O6. The number of esters is 1. The number of ether oxygens (including phenoxy) is 4. The predicted molar refractivity (Wildman–Crippen MR) is 173 cm³/mol. The minimum Gasteiger partial charge on any atom is -0.497 e. The Morgan fingerprint density at radius 1 is 0.791 bits per heavy atom. The molecule has 3 aromatic rings. The minimum absolute atomic E-state index is 0.230. The summed E-state index contributed by atoms with van der Waals surface area (Å²) in [4.78, 5) is 12.4. The molecule has 1 unspecified atom stereocenters. The van der Waals surface area contributed by atoms with Crippen molar-refractivity contribution in [3.8, 4) is 23.0 Å². The normalized spacial score (nSPS) is 11.8. The van der Waals surface area contributed by atoms with E-state index in [1.165, 1.54) is 38.5 Å². The molecule has 1 atom stereocenters. The summed E-state index contributed by atoms with van der Waals surface area (Å²) in [5.41, 5.74) is 2.41. The van der Waals surface area contributed by atoms with Gasteiger partial charge in [-0.1, -0.05) is 101 Å². The van der Waals surface area contributed by atoms with Crippen LogP contribution in [0.4, 0.5) is 0 Å². The van der Waals surface area contributed by atoms with Gasteiger partial charge in [0, 0.05) is 29.7 Å². The van der Waals surface area contributed by atoms with Crippen molar-refractivity contribution in [2.75, 3.05) is 13.7 Å². The first kappa shape index (κ1) is 33.7. The van der Waals surface area contributed by atoms with Crippen molar-refractivity contribution in [2.24, 2.45) is 0 Å². The van der Waals surface area contributed by atoms with Crippen molar-refractivity contribution >= 4 is 12.0 Å². The van der Waals surface area contributed by atoms with Crippen molar-refractivity contribution in [2.45, 2.75) is 90.8 Å². The molecule has 0 saturated heterocycles. The van der Waals surface area contributed by atoms with Crippen LogP contribution in [0.1, 0.15) is 101 Å². The standard InChI is InChI=1S/C37H48O6/c1-4-6-7-8-9-10-11-12-16-19-37(39)43-32-22-20-30(35(27-32)41-5-2)21-25-34(38)33-24-23-31(40-3)26-36(33)42-28-29-17-14-13-15-18-29/h13-15,17-18,20-27,34,38H,4-12,16,19,28H2,1-3H3. The van der Waals surface area contributed by atoms with E-state index >= 15 is 0 Å². The fourth-order valence-electron chi connectivity index (χ4n) is 4.80. The van der Waals surface area contributed by atoms with Gasteiger partial charge in [0.2, 0.25) is 0 Å². The van der Waals surface area contributed by atoms with E-state index in [4.69, 9.17) is 18.9 Å². The second-order valence-corrected chi connectivity index (χ2v) is 10.7. The molecule has 0 heterocycles. The van der Waals surface area contributed by atoms with Gasteiger partial charge >= 0.3 is 5.97 Å². The Bertz CT molecular complexity index is 1250. The molecule has 6 nitrogen and oxygen atoms in total. The molecule has 0 aliphatic rings. The lowest BCUT2D eigenvalue weighted by Crippen LogP contribution is -2.08. The molecule has 1 N–H and O–H groups in total. The highest BCUT2D eigenvalue weighted by molar-refractivity contribution is 5.73. The molecule has 0 aliphatic heterocycles. The molecule has 0 radical (unpaired) electrons. The summed E-state index contributed by atoms with van der Waals surface area (Å²) in [7, 11) is 1.60.